The molecule has 8 nitrogen and oxygen atoms in total. The fraction of sp³-hybridized carbons (Fsp3) is 0.619. The predicted molar refractivity (Wildman–Crippen MR) is 114 cm³/mol. The molecule has 2 amide bonds. The first-order valence-corrected chi connectivity index (χ1v) is 12.1. The highest BCUT2D eigenvalue weighted by Crippen LogP contribution is 2.25. The molecule has 1 aliphatic rings. The van der Waals surface area contributed by atoms with E-state index in [9.17, 15) is 22.4 Å². The zero-order chi connectivity index (χ0) is 23.4. The van der Waals surface area contributed by atoms with Crippen LogP contribution in [-0.4, -0.2) is 56.9 Å². The average Bonchev–Trinajstić information content (AvgIpc) is 2.62. The second kappa shape index (κ2) is 9.84. The van der Waals surface area contributed by atoms with Crippen molar-refractivity contribution in [3.05, 3.63) is 29.1 Å². The number of likely N-dealkylation sites (tertiary alicyclic amines) is 1. The third-order valence-corrected chi connectivity index (χ3v) is 5.39. The lowest BCUT2D eigenvalue weighted by atomic mass is 9.94. The van der Waals surface area contributed by atoms with Gasteiger partial charge >= 0.3 is 6.09 Å². The minimum Gasteiger partial charge on any atom is -0.493 e. The Bertz CT molecular complexity index is 919. The van der Waals surface area contributed by atoms with Gasteiger partial charge in [0, 0.05) is 19.2 Å². The summed E-state index contributed by atoms with van der Waals surface area (Å²) >= 11 is 0. The van der Waals surface area contributed by atoms with Crippen LogP contribution in [0.15, 0.2) is 12.1 Å². The number of sulfonamides is 1. The topological polar surface area (TPSA) is 102 Å². The van der Waals surface area contributed by atoms with Crippen LogP contribution < -0.4 is 9.46 Å². The van der Waals surface area contributed by atoms with E-state index in [0.717, 1.165) is 31.6 Å². The van der Waals surface area contributed by atoms with Crippen LogP contribution >= 0.6 is 0 Å². The number of ether oxygens (including phenoxy) is 2. The molecule has 1 saturated heterocycles. The van der Waals surface area contributed by atoms with E-state index in [1.807, 2.05) is 20.8 Å². The first kappa shape index (κ1) is 24.9. The number of piperidine rings is 1. The van der Waals surface area contributed by atoms with Crippen molar-refractivity contribution in [2.75, 3.05) is 26.0 Å². The van der Waals surface area contributed by atoms with Crippen LogP contribution in [0.4, 0.5) is 9.18 Å². The number of amides is 2. The molecule has 174 valence electrons. The zero-order valence-electron chi connectivity index (χ0n) is 18.7. The maximum atomic E-state index is 14.3. The Balaban J connectivity index is 1.85. The first-order chi connectivity index (χ1) is 14.2. The highest BCUT2D eigenvalue weighted by Gasteiger charge is 2.27. The van der Waals surface area contributed by atoms with E-state index in [1.54, 1.807) is 16.5 Å². The van der Waals surface area contributed by atoms with Gasteiger partial charge in [-0.3, -0.25) is 4.79 Å². The number of hydrogen-bond acceptors (Lipinski definition) is 6. The fourth-order valence-electron chi connectivity index (χ4n) is 3.28. The Kier molecular flexibility index (Phi) is 7.91. The van der Waals surface area contributed by atoms with Gasteiger partial charge in [0.25, 0.3) is 5.91 Å². The van der Waals surface area contributed by atoms with Gasteiger partial charge in [-0.1, -0.05) is 0 Å². The van der Waals surface area contributed by atoms with Crippen molar-refractivity contribution in [1.82, 2.24) is 9.62 Å². The van der Waals surface area contributed by atoms with Gasteiger partial charge in [0.1, 0.15) is 17.2 Å². The van der Waals surface area contributed by atoms with E-state index < -0.39 is 27.3 Å². The molecular formula is C21H31FN2O6S. The molecule has 0 radical (unpaired) electrons. The third kappa shape index (κ3) is 8.01. The Morgan fingerprint density at radius 1 is 1.23 bits per heavy atom. The van der Waals surface area contributed by atoms with E-state index in [-0.39, 0.29) is 11.7 Å². The van der Waals surface area contributed by atoms with Crippen molar-refractivity contribution in [2.45, 2.75) is 52.6 Å². The molecule has 0 unspecified atom stereocenters. The minimum absolute atomic E-state index is 0.298. The Labute approximate surface area is 183 Å². The van der Waals surface area contributed by atoms with Crippen molar-refractivity contribution in [2.24, 2.45) is 5.92 Å². The monoisotopic (exact) mass is 458 g/mol. The Hall–Kier alpha value is -2.36. The van der Waals surface area contributed by atoms with Crippen molar-refractivity contribution in [3.8, 4) is 5.75 Å². The molecule has 10 heteroatoms. The van der Waals surface area contributed by atoms with Gasteiger partial charge in [-0.15, -0.1) is 0 Å². The number of hydrogen-bond donors (Lipinski definition) is 1. The maximum absolute atomic E-state index is 14.3. The van der Waals surface area contributed by atoms with E-state index >= 15 is 0 Å². The van der Waals surface area contributed by atoms with Gasteiger partial charge in [0.15, 0.2) is 0 Å². The number of nitrogens with zero attached hydrogens (tertiary/aromatic N) is 1. The highest BCUT2D eigenvalue weighted by molar-refractivity contribution is 7.89. The van der Waals surface area contributed by atoms with Crippen LogP contribution in [-0.2, 0) is 14.8 Å². The minimum atomic E-state index is -3.79. The second-order valence-electron chi connectivity index (χ2n) is 8.85. The fourth-order valence-corrected chi connectivity index (χ4v) is 3.73. The third-order valence-electron chi connectivity index (χ3n) is 4.84. The van der Waals surface area contributed by atoms with Gasteiger partial charge < -0.3 is 14.4 Å². The van der Waals surface area contributed by atoms with Crippen LogP contribution in [0, 0.1) is 18.7 Å². The SMILES string of the molecule is Cc1cc(C(=O)NS(C)(=O)=O)c(F)cc1OCCC1CCN(C(=O)OC(C)(C)C)CC1. The highest BCUT2D eigenvalue weighted by atomic mass is 32.2. The molecule has 1 aromatic carbocycles. The average molecular weight is 459 g/mol. The molecule has 1 aromatic rings. The summed E-state index contributed by atoms with van der Waals surface area (Å²) in [7, 11) is -3.79. The quantitative estimate of drug-likeness (QED) is 0.702. The predicted octanol–water partition coefficient (Wildman–Crippen LogP) is 3.24. The molecule has 0 atom stereocenters. The summed E-state index contributed by atoms with van der Waals surface area (Å²) in [5, 5.41) is 0. The first-order valence-electron chi connectivity index (χ1n) is 10.2. The number of aryl methyl sites for hydroxylation is 1. The smallest absolute Gasteiger partial charge is 0.410 e. The van der Waals surface area contributed by atoms with Crippen molar-refractivity contribution < 1.29 is 31.9 Å². The molecule has 1 fully saturated rings. The molecule has 0 spiro atoms. The molecule has 0 aromatic heterocycles. The lowest BCUT2D eigenvalue weighted by Crippen LogP contribution is -2.41. The molecule has 0 saturated carbocycles. The molecule has 1 aliphatic heterocycles. The molecule has 31 heavy (non-hydrogen) atoms. The van der Waals surface area contributed by atoms with Crippen LogP contribution in [0.1, 0.15) is 56.0 Å². The van der Waals surface area contributed by atoms with E-state index in [2.05, 4.69) is 0 Å². The summed E-state index contributed by atoms with van der Waals surface area (Å²) in [5.41, 5.74) is -0.347. The Morgan fingerprint density at radius 2 is 1.84 bits per heavy atom. The van der Waals surface area contributed by atoms with Crippen LogP contribution in [0.25, 0.3) is 0 Å². The van der Waals surface area contributed by atoms with Gasteiger partial charge in [-0.05, 0) is 64.5 Å². The summed E-state index contributed by atoms with van der Waals surface area (Å²) in [6, 6.07) is 2.36. The van der Waals surface area contributed by atoms with Crippen LogP contribution in [0.2, 0.25) is 0 Å². The second-order valence-corrected chi connectivity index (χ2v) is 10.6. The van der Waals surface area contributed by atoms with E-state index in [0.29, 0.717) is 36.9 Å². The lowest BCUT2D eigenvalue weighted by Gasteiger charge is -2.33. The van der Waals surface area contributed by atoms with E-state index in [4.69, 9.17) is 9.47 Å². The molecule has 0 bridgehead atoms. The van der Waals surface area contributed by atoms with Crippen molar-refractivity contribution >= 4 is 22.0 Å². The van der Waals surface area contributed by atoms with E-state index in [1.165, 1.54) is 6.07 Å². The molecular weight excluding hydrogens is 427 g/mol. The molecule has 0 aliphatic carbocycles. The number of halogens is 1. The summed E-state index contributed by atoms with van der Waals surface area (Å²) in [6.07, 6.45) is 2.94. The molecule has 2 rings (SSSR count). The number of carbonyl (C=O) groups is 2. The van der Waals surface area contributed by atoms with Gasteiger partial charge in [0.2, 0.25) is 10.0 Å². The number of benzene rings is 1. The number of nitrogens with one attached hydrogen (secondary N) is 1. The van der Waals surface area contributed by atoms with Crippen molar-refractivity contribution in [3.63, 3.8) is 0 Å². The number of rotatable bonds is 6. The Morgan fingerprint density at radius 3 is 2.39 bits per heavy atom. The number of carbonyl (C=O) groups excluding carboxylic acids is 2. The van der Waals surface area contributed by atoms with Gasteiger partial charge in [-0.2, -0.15) is 0 Å². The van der Waals surface area contributed by atoms with Crippen LogP contribution in [0.5, 0.6) is 5.75 Å². The maximum Gasteiger partial charge on any atom is 0.410 e. The standard InChI is InChI=1S/C21H31FN2O6S/c1-14-12-16(19(25)23-31(5,27)28)17(22)13-18(14)29-11-8-15-6-9-24(10-7-15)20(26)30-21(2,3)4/h12-13,15H,6-11H2,1-5H3,(H,23,25). The summed E-state index contributed by atoms with van der Waals surface area (Å²) in [6.45, 7) is 8.78. The lowest BCUT2D eigenvalue weighted by molar-refractivity contribution is 0.0177. The molecule has 1 heterocycles. The van der Waals surface area contributed by atoms with Gasteiger partial charge in [-0.25, -0.2) is 22.3 Å². The van der Waals surface area contributed by atoms with Crippen LogP contribution in [0.3, 0.4) is 0 Å². The molecule has 1 N–H and O–H groups in total. The largest absolute Gasteiger partial charge is 0.493 e. The van der Waals surface area contributed by atoms with Gasteiger partial charge in [0.05, 0.1) is 18.4 Å². The summed E-state index contributed by atoms with van der Waals surface area (Å²) < 4.78 is 49.5. The zero-order valence-corrected chi connectivity index (χ0v) is 19.5. The van der Waals surface area contributed by atoms with Crippen molar-refractivity contribution in [1.29, 1.82) is 0 Å². The normalized spacial score (nSPS) is 15.5. The summed E-state index contributed by atoms with van der Waals surface area (Å²) in [4.78, 5) is 25.7. The summed E-state index contributed by atoms with van der Waals surface area (Å²) in [5.74, 6) is -1.19.